The van der Waals surface area contributed by atoms with E-state index in [9.17, 15) is 0 Å². The summed E-state index contributed by atoms with van der Waals surface area (Å²) in [6.07, 6.45) is 1.85. The van der Waals surface area contributed by atoms with Crippen LogP contribution in [-0.4, -0.2) is 62.3 Å². The monoisotopic (exact) mass is 575 g/mol. The first kappa shape index (κ1) is 26.2. The molecule has 1 aliphatic heterocycles. The van der Waals surface area contributed by atoms with E-state index < -0.39 is 0 Å². The summed E-state index contributed by atoms with van der Waals surface area (Å²) in [6.45, 7) is 7.56. The van der Waals surface area contributed by atoms with Crippen LogP contribution in [0.2, 0.25) is 0 Å². The molecule has 1 saturated heterocycles. The van der Waals surface area contributed by atoms with Gasteiger partial charge in [0.15, 0.2) is 5.96 Å². The first-order valence-corrected chi connectivity index (χ1v) is 11.6. The fourth-order valence-electron chi connectivity index (χ4n) is 4.17. The largest absolute Gasteiger partial charge is 0.497 e. The minimum atomic E-state index is 0. The molecule has 2 N–H and O–H groups in total. The molecule has 1 unspecified atom stereocenters. The molecular formula is C26H34IN5O2. The van der Waals surface area contributed by atoms with Gasteiger partial charge in [-0.1, -0.05) is 30.3 Å². The highest BCUT2D eigenvalue weighted by atomic mass is 127. The average Bonchev–Trinajstić information content (AvgIpc) is 2.88. The molecule has 0 saturated carbocycles. The number of fused-ring (bicyclic) bond motifs is 1. The number of para-hydroxylation sites is 1. The summed E-state index contributed by atoms with van der Waals surface area (Å²) < 4.78 is 10.9. The van der Waals surface area contributed by atoms with Gasteiger partial charge in [0.2, 0.25) is 0 Å². The summed E-state index contributed by atoms with van der Waals surface area (Å²) in [6, 6.07) is 18.8. The van der Waals surface area contributed by atoms with E-state index in [1.807, 2.05) is 42.6 Å². The number of morpholine rings is 1. The van der Waals surface area contributed by atoms with Crippen LogP contribution in [0.25, 0.3) is 10.9 Å². The molecule has 0 aliphatic carbocycles. The Hall–Kier alpha value is -2.43. The van der Waals surface area contributed by atoms with Gasteiger partial charge in [0.05, 0.1) is 38.4 Å². The zero-order valence-corrected chi connectivity index (χ0v) is 22.2. The lowest BCUT2D eigenvalue weighted by Gasteiger charge is -2.35. The van der Waals surface area contributed by atoms with E-state index in [2.05, 4.69) is 45.6 Å². The molecule has 1 atom stereocenters. The molecule has 34 heavy (non-hydrogen) atoms. The Bertz CT molecular complexity index is 1050. The summed E-state index contributed by atoms with van der Waals surface area (Å²) in [4.78, 5) is 11.8. The van der Waals surface area contributed by atoms with Gasteiger partial charge in [-0.2, -0.15) is 0 Å². The van der Waals surface area contributed by atoms with Crippen LogP contribution in [0.3, 0.4) is 0 Å². The van der Waals surface area contributed by atoms with E-state index in [0.29, 0.717) is 6.54 Å². The Morgan fingerprint density at radius 1 is 1.09 bits per heavy atom. The lowest BCUT2D eigenvalue weighted by molar-refractivity contribution is 0.0170. The molecule has 8 heteroatoms. The average molecular weight is 575 g/mol. The fraction of sp³-hybridized carbons (Fsp3) is 0.385. The Labute approximate surface area is 219 Å². The molecule has 3 aromatic rings. The van der Waals surface area contributed by atoms with Crippen LogP contribution < -0.4 is 15.4 Å². The third kappa shape index (κ3) is 6.80. The van der Waals surface area contributed by atoms with Crippen molar-refractivity contribution < 1.29 is 9.47 Å². The summed E-state index contributed by atoms with van der Waals surface area (Å²) >= 11 is 0. The van der Waals surface area contributed by atoms with Gasteiger partial charge in [0, 0.05) is 37.8 Å². The summed E-state index contributed by atoms with van der Waals surface area (Å²) in [5, 5.41) is 8.10. The maximum Gasteiger partial charge on any atom is 0.191 e. The molecule has 4 rings (SSSR count). The van der Waals surface area contributed by atoms with Crippen molar-refractivity contribution in [2.75, 3.05) is 46.5 Å². The molecular weight excluding hydrogens is 541 g/mol. The standard InChI is InChI=1S/C26H33N5O2.HI/c1-3-27-26(29-18-21-12-13-28-24-7-5-4-6-23(21)24)30-19-25(31-14-16-33-17-15-31)20-8-10-22(32-2)11-9-20;/h4-13,25H,3,14-19H2,1-2H3,(H2,27,29,30);1H. The molecule has 182 valence electrons. The van der Waals surface area contributed by atoms with Crippen molar-refractivity contribution in [1.29, 1.82) is 0 Å². The van der Waals surface area contributed by atoms with Gasteiger partial charge >= 0.3 is 0 Å². The highest BCUT2D eigenvalue weighted by Crippen LogP contribution is 2.24. The van der Waals surface area contributed by atoms with Crippen LogP contribution >= 0.6 is 24.0 Å². The number of guanidine groups is 1. The van der Waals surface area contributed by atoms with Gasteiger partial charge in [0.1, 0.15) is 5.75 Å². The lowest BCUT2D eigenvalue weighted by atomic mass is 10.0. The SMILES string of the molecule is CCNC(=NCc1ccnc2ccccc12)NCC(c1ccc(OC)cc1)N1CCOCC1.I. The molecule has 2 aromatic carbocycles. The number of nitrogens with one attached hydrogen (secondary N) is 2. The van der Waals surface area contributed by atoms with Crippen molar-refractivity contribution in [2.24, 2.45) is 4.99 Å². The number of aliphatic imine (C=N–C) groups is 1. The number of nitrogens with zero attached hydrogens (tertiary/aromatic N) is 3. The Kier molecular flexibility index (Phi) is 10.4. The van der Waals surface area contributed by atoms with E-state index in [0.717, 1.165) is 67.6 Å². The van der Waals surface area contributed by atoms with E-state index in [1.165, 1.54) is 5.56 Å². The van der Waals surface area contributed by atoms with Gasteiger partial charge in [-0.15, -0.1) is 24.0 Å². The quantitative estimate of drug-likeness (QED) is 0.241. The molecule has 2 heterocycles. The topological polar surface area (TPSA) is 71.0 Å². The zero-order chi connectivity index (χ0) is 22.9. The predicted molar refractivity (Wildman–Crippen MR) is 148 cm³/mol. The van der Waals surface area contributed by atoms with Crippen molar-refractivity contribution in [2.45, 2.75) is 19.5 Å². The van der Waals surface area contributed by atoms with Gasteiger partial charge in [-0.25, -0.2) is 4.99 Å². The number of benzene rings is 2. The van der Waals surface area contributed by atoms with E-state index in [1.54, 1.807) is 7.11 Å². The number of hydrogen-bond donors (Lipinski definition) is 2. The molecule has 1 aliphatic rings. The summed E-state index contributed by atoms with van der Waals surface area (Å²) in [5.74, 6) is 1.68. The molecule has 0 spiro atoms. The van der Waals surface area contributed by atoms with Crippen LogP contribution in [-0.2, 0) is 11.3 Å². The Morgan fingerprint density at radius 2 is 1.85 bits per heavy atom. The molecule has 0 amide bonds. The minimum absolute atomic E-state index is 0. The fourth-order valence-corrected chi connectivity index (χ4v) is 4.17. The van der Waals surface area contributed by atoms with Crippen LogP contribution in [0, 0.1) is 0 Å². The van der Waals surface area contributed by atoms with E-state index in [4.69, 9.17) is 14.5 Å². The second-order valence-electron chi connectivity index (χ2n) is 8.00. The number of halogens is 1. The maximum absolute atomic E-state index is 5.59. The number of ether oxygens (including phenoxy) is 2. The smallest absolute Gasteiger partial charge is 0.191 e. The Balaban J connectivity index is 0.00000324. The molecule has 1 aromatic heterocycles. The normalized spacial score (nSPS) is 15.4. The third-order valence-corrected chi connectivity index (χ3v) is 5.94. The van der Waals surface area contributed by atoms with Gasteiger partial charge in [0.25, 0.3) is 0 Å². The van der Waals surface area contributed by atoms with Gasteiger partial charge in [-0.3, -0.25) is 9.88 Å². The number of aromatic nitrogens is 1. The molecule has 7 nitrogen and oxygen atoms in total. The molecule has 0 radical (unpaired) electrons. The van der Waals surface area contributed by atoms with Crippen molar-refractivity contribution in [1.82, 2.24) is 20.5 Å². The highest BCUT2D eigenvalue weighted by molar-refractivity contribution is 14.0. The van der Waals surface area contributed by atoms with Gasteiger partial charge in [-0.05, 0) is 42.3 Å². The highest BCUT2D eigenvalue weighted by Gasteiger charge is 2.23. The zero-order valence-electron chi connectivity index (χ0n) is 19.9. The first-order valence-electron chi connectivity index (χ1n) is 11.6. The van der Waals surface area contributed by atoms with Crippen LogP contribution in [0.4, 0.5) is 0 Å². The summed E-state index contributed by atoms with van der Waals surface area (Å²) in [7, 11) is 1.70. The number of rotatable bonds is 8. The predicted octanol–water partition coefficient (Wildman–Crippen LogP) is 3.99. The van der Waals surface area contributed by atoms with Crippen molar-refractivity contribution in [3.8, 4) is 5.75 Å². The minimum Gasteiger partial charge on any atom is -0.497 e. The first-order chi connectivity index (χ1) is 16.3. The van der Waals surface area contributed by atoms with Crippen molar-refractivity contribution >= 4 is 40.8 Å². The van der Waals surface area contributed by atoms with Crippen LogP contribution in [0.1, 0.15) is 24.1 Å². The number of hydrogen-bond acceptors (Lipinski definition) is 5. The second kappa shape index (κ2) is 13.5. The molecule has 0 bridgehead atoms. The van der Waals surface area contributed by atoms with Gasteiger partial charge < -0.3 is 20.1 Å². The Morgan fingerprint density at radius 3 is 2.59 bits per heavy atom. The molecule has 1 fully saturated rings. The maximum atomic E-state index is 5.59. The lowest BCUT2D eigenvalue weighted by Crippen LogP contribution is -2.46. The van der Waals surface area contributed by atoms with E-state index in [-0.39, 0.29) is 30.0 Å². The summed E-state index contributed by atoms with van der Waals surface area (Å²) in [5.41, 5.74) is 3.41. The van der Waals surface area contributed by atoms with Crippen LogP contribution in [0.15, 0.2) is 65.8 Å². The number of pyridine rings is 1. The number of methoxy groups -OCH3 is 1. The third-order valence-electron chi connectivity index (χ3n) is 5.94. The van der Waals surface area contributed by atoms with Crippen molar-refractivity contribution in [3.05, 3.63) is 71.9 Å². The van der Waals surface area contributed by atoms with Crippen molar-refractivity contribution in [3.63, 3.8) is 0 Å². The van der Waals surface area contributed by atoms with Crippen LogP contribution in [0.5, 0.6) is 5.75 Å². The second-order valence-corrected chi connectivity index (χ2v) is 8.00. The van der Waals surface area contributed by atoms with E-state index >= 15 is 0 Å².